The second-order valence-electron chi connectivity index (χ2n) is 5.41. The van der Waals surface area contributed by atoms with Gasteiger partial charge in [-0.25, -0.2) is 0 Å². The van der Waals surface area contributed by atoms with Crippen LogP contribution >= 0.6 is 0 Å². The molecule has 0 aromatic heterocycles. The van der Waals surface area contributed by atoms with Crippen LogP contribution in [0.1, 0.15) is 42.5 Å². The van der Waals surface area contributed by atoms with Gasteiger partial charge in [0.05, 0.1) is 0 Å². The number of nitrogens with two attached hydrogens (primary N) is 1. The molecule has 1 heterocycles. The lowest BCUT2D eigenvalue weighted by molar-refractivity contribution is 0.163. The van der Waals surface area contributed by atoms with E-state index < -0.39 is 0 Å². The first-order chi connectivity index (χ1) is 8.08. The third-order valence-electron chi connectivity index (χ3n) is 4.00. The van der Waals surface area contributed by atoms with E-state index in [2.05, 4.69) is 43.9 Å². The number of rotatable bonds is 2. The molecule has 1 aliphatic heterocycles. The minimum Gasteiger partial charge on any atom is -0.328 e. The first kappa shape index (κ1) is 12.6. The summed E-state index contributed by atoms with van der Waals surface area (Å²) >= 11 is 0. The molecule has 0 aliphatic carbocycles. The van der Waals surface area contributed by atoms with Gasteiger partial charge in [-0.2, -0.15) is 0 Å². The minimum atomic E-state index is 0.414. The van der Waals surface area contributed by atoms with Gasteiger partial charge in [-0.05, 0) is 44.7 Å². The van der Waals surface area contributed by atoms with Gasteiger partial charge in [0.15, 0.2) is 0 Å². The molecule has 0 spiro atoms. The first-order valence-corrected chi connectivity index (χ1v) is 6.64. The molecule has 0 radical (unpaired) electrons. The van der Waals surface area contributed by atoms with Crippen molar-refractivity contribution in [2.24, 2.45) is 5.73 Å². The summed E-state index contributed by atoms with van der Waals surface area (Å²) in [7, 11) is 0. The van der Waals surface area contributed by atoms with E-state index in [1.54, 1.807) is 0 Å². The van der Waals surface area contributed by atoms with Crippen LogP contribution < -0.4 is 5.73 Å². The molecule has 2 heteroatoms. The van der Waals surface area contributed by atoms with Crippen LogP contribution in [0.25, 0.3) is 0 Å². The van der Waals surface area contributed by atoms with Crippen molar-refractivity contribution in [1.82, 2.24) is 4.90 Å². The molecule has 2 N–H and O–H groups in total. The van der Waals surface area contributed by atoms with Gasteiger partial charge in [0, 0.05) is 25.2 Å². The lowest BCUT2D eigenvalue weighted by Crippen LogP contribution is -2.40. The van der Waals surface area contributed by atoms with Crippen molar-refractivity contribution in [3.05, 3.63) is 34.9 Å². The number of likely N-dealkylation sites (tertiary alicyclic amines) is 1. The standard InChI is InChI=1S/C15H24N2/c1-11-4-5-15(12(2)10-11)13(3)17-8-6-14(16)7-9-17/h4-5,10,13-14H,6-9,16H2,1-3H3. The third kappa shape index (κ3) is 2.88. The fourth-order valence-electron chi connectivity index (χ4n) is 2.80. The quantitative estimate of drug-likeness (QED) is 0.849. The Morgan fingerprint density at radius 3 is 2.47 bits per heavy atom. The summed E-state index contributed by atoms with van der Waals surface area (Å²) in [5.41, 5.74) is 10.2. The van der Waals surface area contributed by atoms with Gasteiger partial charge in [0.2, 0.25) is 0 Å². The molecule has 94 valence electrons. The monoisotopic (exact) mass is 232 g/mol. The van der Waals surface area contributed by atoms with Crippen molar-refractivity contribution in [3.8, 4) is 0 Å². The van der Waals surface area contributed by atoms with Crippen LogP contribution in [0.15, 0.2) is 18.2 Å². The Labute approximate surface area is 105 Å². The highest BCUT2D eigenvalue weighted by Gasteiger charge is 2.22. The number of benzene rings is 1. The fourth-order valence-corrected chi connectivity index (χ4v) is 2.80. The highest BCUT2D eigenvalue weighted by Crippen LogP contribution is 2.26. The number of piperidine rings is 1. The molecule has 1 saturated heterocycles. The SMILES string of the molecule is Cc1ccc(C(C)N2CCC(N)CC2)c(C)c1. The second-order valence-corrected chi connectivity index (χ2v) is 5.41. The zero-order valence-electron chi connectivity index (χ0n) is 11.2. The lowest BCUT2D eigenvalue weighted by atomic mass is 9.96. The molecule has 1 aromatic carbocycles. The molecule has 2 nitrogen and oxygen atoms in total. The summed E-state index contributed by atoms with van der Waals surface area (Å²) in [6.07, 6.45) is 2.27. The Morgan fingerprint density at radius 1 is 1.24 bits per heavy atom. The Morgan fingerprint density at radius 2 is 1.88 bits per heavy atom. The number of nitrogens with zero attached hydrogens (tertiary/aromatic N) is 1. The zero-order chi connectivity index (χ0) is 12.4. The van der Waals surface area contributed by atoms with E-state index in [1.165, 1.54) is 16.7 Å². The van der Waals surface area contributed by atoms with Gasteiger partial charge in [-0.15, -0.1) is 0 Å². The largest absolute Gasteiger partial charge is 0.328 e. The molecule has 1 unspecified atom stereocenters. The Hall–Kier alpha value is -0.860. The average Bonchev–Trinajstić information content (AvgIpc) is 2.29. The van der Waals surface area contributed by atoms with Crippen molar-refractivity contribution in [2.45, 2.75) is 45.7 Å². The maximum absolute atomic E-state index is 5.96. The normalized spacial score (nSPS) is 20.5. The maximum atomic E-state index is 5.96. The summed E-state index contributed by atoms with van der Waals surface area (Å²) < 4.78 is 0. The molecule has 1 atom stereocenters. The molecule has 1 aromatic rings. The van der Waals surface area contributed by atoms with Gasteiger partial charge in [-0.1, -0.05) is 23.8 Å². The Kier molecular flexibility index (Phi) is 3.85. The van der Waals surface area contributed by atoms with E-state index in [-0.39, 0.29) is 0 Å². The molecule has 1 fully saturated rings. The lowest BCUT2D eigenvalue weighted by Gasteiger charge is -2.35. The van der Waals surface area contributed by atoms with E-state index in [1.807, 2.05) is 0 Å². The van der Waals surface area contributed by atoms with Crippen LogP contribution in [0.3, 0.4) is 0 Å². The second kappa shape index (κ2) is 5.19. The van der Waals surface area contributed by atoms with Gasteiger partial charge >= 0.3 is 0 Å². The molecular weight excluding hydrogens is 208 g/mol. The van der Waals surface area contributed by atoms with Crippen LogP contribution in [-0.2, 0) is 0 Å². The van der Waals surface area contributed by atoms with Gasteiger partial charge in [0.1, 0.15) is 0 Å². The number of hydrogen-bond acceptors (Lipinski definition) is 2. The van der Waals surface area contributed by atoms with Gasteiger partial charge < -0.3 is 5.73 Å². The Bertz CT molecular complexity index is 379. The van der Waals surface area contributed by atoms with Crippen LogP contribution in [0.4, 0.5) is 0 Å². The molecule has 0 bridgehead atoms. The maximum Gasteiger partial charge on any atom is 0.0322 e. The summed E-state index contributed by atoms with van der Waals surface area (Å²) in [4.78, 5) is 2.56. The van der Waals surface area contributed by atoms with E-state index in [0.717, 1.165) is 25.9 Å². The van der Waals surface area contributed by atoms with Crippen LogP contribution in [-0.4, -0.2) is 24.0 Å². The molecule has 17 heavy (non-hydrogen) atoms. The topological polar surface area (TPSA) is 29.3 Å². The van der Waals surface area contributed by atoms with E-state index in [9.17, 15) is 0 Å². The molecular formula is C15H24N2. The van der Waals surface area contributed by atoms with Crippen molar-refractivity contribution in [2.75, 3.05) is 13.1 Å². The van der Waals surface area contributed by atoms with Crippen LogP contribution in [0, 0.1) is 13.8 Å². The van der Waals surface area contributed by atoms with Crippen LogP contribution in [0.5, 0.6) is 0 Å². The van der Waals surface area contributed by atoms with Crippen molar-refractivity contribution >= 4 is 0 Å². The van der Waals surface area contributed by atoms with Gasteiger partial charge in [0.25, 0.3) is 0 Å². The van der Waals surface area contributed by atoms with Crippen molar-refractivity contribution < 1.29 is 0 Å². The third-order valence-corrected chi connectivity index (χ3v) is 4.00. The number of aryl methyl sites for hydroxylation is 2. The fraction of sp³-hybridized carbons (Fsp3) is 0.600. The summed E-state index contributed by atoms with van der Waals surface area (Å²) in [5, 5.41) is 0. The predicted molar refractivity (Wildman–Crippen MR) is 73.1 cm³/mol. The number of hydrogen-bond donors (Lipinski definition) is 1. The smallest absolute Gasteiger partial charge is 0.0322 e. The highest BCUT2D eigenvalue weighted by molar-refractivity contribution is 5.32. The molecule has 2 rings (SSSR count). The van der Waals surface area contributed by atoms with Crippen LogP contribution in [0.2, 0.25) is 0 Å². The predicted octanol–water partition coefficient (Wildman–Crippen LogP) is 2.79. The molecule has 0 amide bonds. The average molecular weight is 232 g/mol. The Balaban J connectivity index is 2.11. The van der Waals surface area contributed by atoms with E-state index >= 15 is 0 Å². The summed E-state index contributed by atoms with van der Waals surface area (Å²) in [5.74, 6) is 0. The van der Waals surface area contributed by atoms with E-state index in [0.29, 0.717) is 12.1 Å². The minimum absolute atomic E-state index is 0.414. The summed E-state index contributed by atoms with van der Waals surface area (Å²) in [6.45, 7) is 8.95. The highest BCUT2D eigenvalue weighted by atomic mass is 15.2. The van der Waals surface area contributed by atoms with Gasteiger partial charge in [-0.3, -0.25) is 4.90 Å². The molecule has 1 aliphatic rings. The zero-order valence-corrected chi connectivity index (χ0v) is 11.2. The van der Waals surface area contributed by atoms with E-state index in [4.69, 9.17) is 5.73 Å². The molecule has 0 saturated carbocycles. The first-order valence-electron chi connectivity index (χ1n) is 6.64. The van der Waals surface area contributed by atoms with Crippen molar-refractivity contribution in [3.63, 3.8) is 0 Å². The summed E-state index contributed by atoms with van der Waals surface area (Å²) in [6, 6.07) is 7.71. The van der Waals surface area contributed by atoms with Crippen molar-refractivity contribution in [1.29, 1.82) is 0 Å².